The zero-order chi connectivity index (χ0) is 27.6. The van der Waals surface area contributed by atoms with Gasteiger partial charge in [0.2, 0.25) is 5.75 Å². The Kier molecular flexibility index (Phi) is 7.33. The molecule has 0 bridgehead atoms. The first-order valence-corrected chi connectivity index (χ1v) is 11.4. The third-order valence-electron chi connectivity index (χ3n) is 6.25. The zero-order valence-corrected chi connectivity index (χ0v) is 21.5. The smallest absolute Gasteiger partial charge is 0.300 e. The average Bonchev–Trinajstić information content (AvgIpc) is 3.21. The summed E-state index contributed by atoms with van der Waals surface area (Å²) in [5.41, 5.74) is 0.457. The van der Waals surface area contributed by atoms with Crippen molar-refractivity contribution in [3.05, 3.63) is 71.3 Å². The number of methoxy groups -OCH3 is 5. The minimum atomic E-state index is -1.16. The number of carbonyl (C=O) groups excluding carboxylic acids is 2. The third-order valence-corrected chi connectivity index (χ3v) is 6.25. The molecule has 1 aliphatic heterocycles. The largest absolute Gasteiger partial charge is 0.507 e. The topological polar surface area (TPSA) is 124 Å². The van der Waals surface area contributed by atoms with Crippen LogP contribution in [0.15, 0.2) is 60.2 Å². The average molecular weight is 522 g/mol. The first-order valence-electron chi connectivity index (χ1n) is 11.4. The van der Waals surface area contributed by atoms with E-state index in [1.54, 1.807) is 30.3 Å². The maximum atomic E-state index is 13.5. The second kappa shape index (κ2) is 10.6. The predicted octanol–water partition coefficient (Wildman–Crippen LogP) is 4.06. The Bertz CT molecular complexity index is 1400. The molecule has 1 aliphatic rings. The molecule has 0 aliphatic carbocycles. The predicted molar refractivity (Wildman–Crippen MR) is 139 cm³/mol. The summed E-state index contributed by atoms with van der Waals surface area (Å²) in [5.74, 6) is -0.967. The molecule has 3 aromatic carbocycles. The number of Topliss-reactive ketones (excluding diaryl/α,β-unsaturated/α-hetero) is 1. The molecule has 0 aromatic heterocycles. The van der Waals surface area contributed by atoms with Gasteiger partial charge in [-0.25, -0.2) is 0 Å². The monoisotopic (exact) mass is 521 g/mol. The first kappa shape index (κ1) is 26.2. The van der Waals surface area contributed by atoms with Crippen molar-refractivity contribution in [1.82, 2.24) is 0 Å². The number of ketones is 1. The van der Waals surface area contributed by atoms with Crippen LogP contribution in [0.1, 0.15) is 17.2 Å². The number of amides is 1. The molecule has 1 amide bonds. The molecule has 10 nitrogen and oxygen atoms in total. The molecule has 38 heavy (non-hydrogen) atoms. The fourth-order valence-corrected chi connectivity index (χ4v) is 4.46. The molecule has 1 unspecified atom stereocenters. The molecular formula is C28H27NO9. The van der Waals surface area contributed by atoms with Crippen LogP contribution in [0.3, 0.4) is 0 Å². The minimum absolute atomic E-state index is 0.0831. The normalized spacial score (nSPS) is 16.3. The van der Waals surface area contributed by atoms with E-state index in [0.29, 0.717) is 22.8 Å². The number of anilines is 1. The van der Waals surface area contributed by atoms with Gasteiger partial charge in [-0.05, 0) is 48.0 Å². The number of ether oxygens (including phenoxy) is 5. The van der Waals surface area contributed by atoms with E-state index >= 15 is 0 Å². The Morgan fingerprint density at radius 2 is 1.37 bits per heavy atom. The zero-order valence-electron chi connectivity index (χ0n) is 21.5. The summed E-state index contributed by atoms with van der Waals surface area (Å²) in [4.78, 5) is 28.0. The van der Waals surface area contributed by atoms with Crippen molar-refractivity contribution in [1.29, 1.82) is 0 Å². The van der Waals surface area contributed by atoms with Crippen LogP contribution in [-0.4, -0.2) is 57.5 Å². The number of hydrogen-bond acceptors (Lipinski definition) is 9. The van der Waals surface area contributed by atoms with Crippen LogP contribution < -0.4 is 28.6 Å². The van der Waals surface area contributed by atoms with E-state index in [4.69, 9.17) is 23.7 Å². The molecule has 198 valence electrons. The number of benzene rings is 3. The molecule has 1 fully saturated rings. The van der Waals surface area contributed by atoms with Gasteiger partial charge in [0.05, 0.1) is 52.9 Å². The van der Waals surface area contributed by atoms with E-state index in [0.717, 1.165) is 4.90 Å². The van der Waals surface area contributed by atoms with Crippen LogP contribution in [0.2, 0.25) is 0 Å². The van der Waals surface area contributed by atoms with Gasteiger partial charge in [-0.1, -0.05) is 12.1 Å². The van der Waals surface area contributed by atoms with Crippen molar-refractivity contribution in [2.45, 2.75) is 6.04 Å². The molecule has 0 saturated carbocycles. The Morgan fingerprint density at radius 1 is 0.763 bits per heavy atom. The molecule has 1 saturated heterocycles. The van der Waals surface area contributed by atoms with Gasteiger partial charge in [0.15, 0.2) is 23.0 Å². The SMILES string of the molecule is COc1ccc(/C(O)=C2\C(=O)C(=O)N(c3ccccc3O)C2c2cc(OC)c(OC)c(OC)c2)cc1OC. The number of phenols is 1. The lowest BCUT2D eigenvalue weighted by atomic mass is 9.94. The summed E-state index contributed by atoms with van der Waals surface area (Å²) in [5, 5.41) is 22.1. The van der Waals surface area contributed by atoms with Crippen LogP contribution in [0, 0.1) is 0 Å². The summed E-state index contributed by atoms with van der Waals surface area (Å²) >= 11 is 0. The van der Waals surface area contributed by atoms with Crippen molar-refractivity contribution >= 4 is 23.1 Å². The number of aliphatic hydroxyl groups is 1. The lowest BCUT2D eigenvalue weighted by molar-refractivity contribution is -0.132. The highest BCUT2D eigenvalue weighted by Crippen LogP contribution is 2.48. The first-order chi connectivity index (χ1) is 18.3. The highest BCUT2D eigenvalue weighted by atomic mass is 16.5. The van der Waals surface area contributed by atoms with Gasteiger partial charge in [-0.3, -0.25) is 14.5 Å². The maximum absolute atomic E-state index is 13.5. The van der Waals surface area contributed by atoms with E-state index in [-0.39, 0.29) is 34.1 Å². The molecule has 2 N–H and O–H groups in total. The van der Waals surface area contributed by atoms with Crippen LogP contribution in [0.25, 0.3) is 5.76 Å². The summed E-state index contributed by atoms with van der Waals surface area (Å²) in [6.07, 6.45) is 0. The van der Waals surface area contributed by atoms with Crippen LogP contribution in [0.4, 0.5) is 5.69 Å². The molecular weight excluding hydrogens is 494 g/mol. The van der Waals surface area contributed by atoms with E-state index < -0.39 is 23.5 Å². The number of aromatic hydroxyl groups is 1. The summed E-state index contributed by atoms with van der Waals surface area (Å²) in [6.45, 7) is 0. The molecule has 0 radical (unpaired) electrons. The third kappa shape index (κ3) is 4.30. The van der Waals surface area contributed by atoms with Gasteiger partial charge in [-0.15, -0.1) is 0 Å². The van der Waals surface area contributed by atoms with Gasteiger partial charge in [-0.2, -0.15) is 0 Å². The van der Waals surface area contributed by atoms with E-state index in [1.165, 1.54) is 59.8 Å². The van der Waals surface area contributed by atoms with E-state index in [9.17, 15) is 19.8 Å². The number of nitrogens with zero attached hydrogens (tertiary/aromatic N) is 1. The molecule has 4 rings (SSSR count). The Morgan fingerprint density at radius 3 is 1.92 bits per heavy atom. The van der Waals surface area contributed by atoms with Gasteiger partial charge < -0.3 is 33.9 Å². The number of phenolic OH excluding ortho intramolecular Hbond substituents is 1. The molecule has 0 spiro atoms. The minimum Gasteiger partial charge on any atom is -0.507 e. The summed E-state index contributed by atoms with van der Waals surface area (Å²) in [6, 6.07) is 12.7. The van der Waals surface area contributed by atoms with Crippen molar-refractivity contribution < 1.29 is 43.5 Å². The molecule has 1 heterocycles. The second-order valence-electron chi connectivity index (χ2n) is 8.19. The molecule has 1 atom stereocenters. The van der Waals surface area contributed by atoms with Crippen molar-refractivity contribution in [2.75, 3.05) is 40.4 Å². The number of carbonyl (C=O) groups is 2. The fraction of sp³-hybridized carbons (Fsp3) is 0.214. The highest BCUT2D eigenvalue weighted by Gasteiger charge is 2.48. The van der Waals surface area contributed by atoms with Crippen molar-refractivity contribution in [3.8, 4) is 34.5 Å². The molecule has 10 heteroatoms. The van der Waals surface area contributed by atoms with Crippen LogP contribution >= 0.6 is 0 Å². The fourth-order valence-electron chi connectivity index (χ4n) is 4.46. The van der Waals surface area contributed by atoms with Crippen molar-refractivity contribution in [3.63, 3.8) is 0 Å². The number of aliphatic hydroxyl groups excluding tert-OH is 1. The van der Waals surface area contributed by atoms with Gasteiger partial charge in [0, 0.05) is 5.56 Å². The second-order valence-corrected chi connectivity index (χ2v) is 8.19. The number of rotatable bonds is 8. The molecule has 3 aromatic rings. The lowest BCUT2D eigenvalue weighted by Crippen LogP contribution is -2.29. The summed E-state index contributed by atoms with van der Waals surface area (Å²) < 4.78 is 27.0. The number of para-hydroxylation sites is 2. The van der Waals surface area contributed by atoms with Gasteiger partial charge in [0.25, 0.3) is 11.7 Å². The van der Waals surface area contributed by atoms with Crippen molar-refractivity contribution in [2.24, 2.45) is 0 Å². The maximum Gasteiger partial charge on any atom is 0.300 e. The van der Waals surface area contributed by atoms with E-state index in [2.05, 4.69) is 0 Å². The quantitative estimate of drug-likeness (QED) is 0.257. The Balaban J connectivity index is 2.03. The van der Waals surface area contributed by atoms with Gasteiger partial charge >= 0.3 is 0 Å². The van der Waals surface area contributed by atoms with Crippen LogP contribution in [0.5, 0.6) is 34.5 Å². The Labute approximate surface area is 219 Å². The standard InChI is InChI=1S/C28H27NO9/c1-34-19-11-10-15(12-20(19)35-2)25(31)23-24(16-13-21(36-3)27(38-5)22(14-16)37-4)29(28(33)26(23)32)17-8-6-7-9-18(17)30/h6-14,24,30-31H,1-5H3/b25-23+. The van der Waals surface area contributed by atoms with Gasteiger partial charge in [0.1, 0.15) is 11.5 Å². The summed E-state index contributed by atoms with van der Waals surface area (Å²) in [7, 11) is 7.23. The lowest BCUT2D eigenvalue weighted by Gasteiger charge is -2.27. The van der Waals surface area contributed by atoms with Crippen LogP contribution in [-0.2, 0) is 9.59 Å². The highest BCUT2D eigenvalue weighted by molar-refractivity contribution is 6.52. The number of hydrogen-bond donors (Lipinski definition) is 2. The Hall–Kier alpha value is -4.86. The van der Waals surface area contributed by atoms with E-state index in [1.807, 2.05) is 0 Å².